The first-order chi connectivity index (χ1) is 10.7. The van der Waals surface area contributed by atoms with Crippen molar-refractivity contribution in [3.05, 3.63) is 35.4 Å². The highest BCUT2D eigenvalue weighted by Gasteiger charge is 2.18. The molecule has 1 aliphatic rings. The minimum atomic E-state index is 0.519. The van der Waals surface area contributed by atoms with E-state index in [0.29, 0.717) is 12.3 Å². The van der Waals surface area contributed by atoms with Gasteiger partial charge in [0.1, 0.15) is 5.82 Å². The Morgan fingerprint density at radius 1 is 1.23 bits per heavy atom. The predicted octanol–water partition coefficient (Wildman–Crippen LogP) is 4.41. The average molecular weight is 293 g/mol. The van der Waals surface area contributed by atoms with Gasteiger partial charge in [-0.1, -0.05) is 19.9 Å². The van der Waals surface area contributed by atoms with E-state index < -0.39 is 0 Å². The molecule has 1 aliphatic heterocycles. The molecule has 0 spiro atoms. The SMILES string of the molecule is CC(C)c1ccc2nc(N3CCCC3)c(CCC#N)cc2c1. The molecule has 3 heteroatoms. The Bertz CT molecular complexity index is 706. The van der Waals surface area contributed by atoms with Crippen molar-refractivity contribution in [2.24, 2.45) is 0 Å². The second kappa shape index (κ2) is 6.36. The first-order valence-electron chi connectivity index (χ1n) is 8.24. The van der Waals surface area contributed by atoms with Crippen molar-refractivity contribution in [3.63, 3.8) is 0 Å². The van der Waals surface area contributed by atoms with Gasteiger partial charge in [0.2, 0.25) is 0 Å². The normalized spacial score (nSPS) is 14.7. The van der Waals surface area contributed by atoms with E-state index in [4.69, 9.17) is 10.2 Å². The fourth-order valence-corrected chi connectivity index (χ4v) is 3.16. The van der Waals surface area contributed by atoms with Gasteiger partial charge in [-0.2, -0.15) is 5.26 Å². The Kier molecular flexibility index (Phi) is 4.29. The largest absolute Gasteiger partial charge is 0.356 e. The van der Waals surface area contributed by atoms with Crippen LogP contribution in [0, 0.1) is 11.3 Å². The number of nitrogens with zero attached hydrogens (tertiary/aromatic N) is 3. The Balaban J connectivity index is 2.08. The lowest BCUT2D eigenvalue weighted by molar-refractivity contribution is 0.868. The highest BCUT2D eigenvalue weighted by atomic mass is 15.2. The maximum Gasteiger partial charge on any atom is 0.132 e. The summed E-state index contributed by atoms with van der Waals surface area (Å²) >= 11 is 0. The van der Waals surface area contributed by atoms with Crippen LogP contribution in [0.25, 0.3) is 10.9 Å². The van der Waals surface area contributed by atoms with E-state index in [9.17, 15) is 0 Å². The highest BCUT2D eigenvalue weighted by Crippen LogP contribution is 2.29. The quantitative estimate of drug-likeness (QED) is 0.838. The van der Waals surface area contributed by atoms with Crippen LogP contribution in [0.5, 0.6) is 0 Å². The van der Waals surface area contributed by atoms with E-state index in [1.165, 1.54) is 29.4 Å². The minimum Gasteiger partial charge on any atom is -0.356 e. The molecule has 3 rings (SSSR count). The Morgan fingerprint density at radius 3 is 2.68 bits per heavy atom. The Morgan fingerprint density at radius 2 is 2.00 bits per heavy atom. The molecule has 0 radical (unpaired) electrons. The van der Waals surface area contributed by atoms with E-state index in [2.05, 4.69) is 49.1 Å². The van der Waals surface area contributed by atoms with Crippen LogP contribution >= 0.6 is 0 Å². The van der Waals surface area contributed by atoms with Crippen molar-refractivity contribution in [2.45, 2.75) is 45.4 Å². The van der Waals surface area contributed by atoms with Crippen LogP contribution in [0.1, 0.15) is 50.2 Å². The van der Waals surface area contributed by atoms with Crippen LogP contribution < -0.4 is 4.90 Å². The topological polar surface area (TPSA) is 39.9 Å². The third kappa shape index (κ3) is 2.92. The Labute approximate surface area is 132 Å². The van der Waals surface area contributed by atoms with E-state index in [1.807, 2.05) is 0 Å². The van der Waals surface area contributed by atoms with Crippen LogP contribution in [0.15, 0.2) is 24.3 Å². The van der Waals surface area contributed by atoms with Gasteiger partial charge in [-0.05, 0) is 54.5 Å². The standard InChI is InChI=1S/C19H23N3/c1-14(2)15-7-8-18-17(12-15)13-16(6-5-9-20)19(21-18)22-10-3-4-11-22/h7-8,12-14H,3-6,10-11H2,1-2H3. The summed E-state index contributed by atoms with van der Waals surface area (Å²) in [4.78, 5) is 7.30. The number of pyridine rings is 1. The molecule has 0 saturated carbocycles. The van der Waals surface area contributed by atoms with E-state index >= 15 is 0 Å². The van der Waals surface area contributed by atoms with E-state index in [1.54, 1.807) is 0 Å². The number of hydrogen-bond acceptors (Lipinski definition) is 3. The van der Waals surface area contributed by atoms with Crippen molar-refractivity contribution in [1.82, 2.24) is 4.98 Å². The molecule has 0 bridgehead atoms. The molecule has 1 saturated heterocycles. The molecule has 1 aromatic carbocycles. The van der Waals surface area contributed by atoms with Crippen LogP contribution in [0.2, 0.25) is 0 Å². The summed E-state index contributed by atoms with van der Waals surface area (Å²) in [6, 6.07) is 11.1. The second-order valence-electron chi connectivity index (χ2n) is 6.43. The summed E-state index contributed by atoms with van der Waals surface area (Å²) in [6.45, 7) is 6.60. The fraction of sp³-hybridized carbons (Fsp3) is 0.474. The number of aryl methyl sites for hydroxylation is 1. The monoisotopic (exact) mass is 293 g/mol. The molecule has 0 unspecified atom stereocenters. The van der Waals surface area contributed by atoms with Crippen molar-refractivity contribution in [2.75, 3.05) is 18.0 Å². The van der Waals surface area contributed by atoms with Crippen molar-refractivity contribution in [3.8, 4) is 6.07 Å². The molecular formula is C19H23N3. The van der Waals surface area contributed by atoms with Gasteiger partial charge in [0, 0.05) is 24.9 Å². The van der Waals surface area contributed by atoms with Gasteiger partial charge >= 0.3 is 0 Å². The zero-order valence-electron chi connectivity index (χ0n) is 13.5. The average Bonchev–Trinajstić information content (AvgIpc) is 3.05. The fourth-order valence-electron chi connectivity index (χ4n) is 3.16. The smallest absolute Gasteiger partial charge is 0.132 e. The van der Waals surface area contributed by atoms with Crippen molar-refractivity contribution < 1.29 is 0 Å². The molecule has 3 nitrogen and oxygen atoms in total. The number of anilines is 1. The molecule has 0 amide bonds. The number of nitriles is 1. The molecule has 2 aromatic rings. The maximum absolute atomic E-state index is 8.93. The number of aromatic nitrogens is 1. The van der Waals surface area contributed by atoms with Crippen LogP contribution in [-0.2, 0) is 6.42 Å². The summed E-state index contributed by atoms with van der Waals surface area (Å²) in [5, 5.41) is 10.1. The summed E-state index contributed by atoms with van der Waals surface area (Å²) < 4.78 is 0. The summed E-state index contributed by atoms with van der Waals surface area (Å²) in [7, 11) is 0. The van der Waals surface area contributed by atoms with Gasteiger partial charge < -0.3 is 4.90 Å². The summed E-state index contributed by atoms with van der Waals surface area (Å²) in [5.41, 5.74) is 3.62. The molecule has 2 heterocycles. The number of fused-ring (bicyclic) bond motifs is 1. The van der Waals surface area contributed by atoms with Crippen molar-refractivity contribution >= 4 is 16.7 Å². The first-order valence-corrected chi connectivity index (χ1v) is 8.24. The molecule has 0 atom stereocenters. The highest BCUT2D eigenvalue weighted by molar-refractivity contribution is 5.83. The molecule has 0 N–H and O–H groups in total. The van der Waals surface area contributed by atoms with Gasteiger partial charge in [-0.15, -0.1) is 0 Å². The summed E-state index contributed by atoms with van der Waals surface area (Å²) in [6.07, 6.45) is 3.82. The third-order valence-electron chi connectivity index (χ3n) is 4.47. The lowest BCUT2D eigenvalue weighted by Gasteiger charge is -2.21. The number of rotatable bonds is 4. The number of benzene rings is 1. The molecule has 114 valence electrons. The molecular weight excluding hydrogens is 270 g/mol. The number of hydrogen-bond donors (Lipinski definition) is 0. The van der Waals surface area contributed by atoms with Crippen LogP contribution in [0.4, 0.5) is 5.82 Å². The van der Waals surface area contributed by atoms with E-state index in [-0.39, 0.29) is 0 Å². The van der Waals surface area contributed by atoms with Gasteiger partial charge in [0.25, 0.3) is 0 Å². The van der Waals surface area contributed by atoms with Gasteiger partial charge in [-0.25, -0.2) is 4.98 Å². The molecule has 0 aliphatic carbocycles. The lowest BCUT2D eigenvalue weighted by atomic mass is 9.99. The second-order valence-corrected chi connectivity index (χ2v) is 6.43. The first kappa shape index (κ1) is 14.8. The third-order valence-corrected chi connectivity index (χ3v) is 4.47. The van der Waals surface area contributed by atoms with Gasteiger partial charge in [0.05, 0.1) is 11.6 Å². The zero-order valence-corrected chi connectivity index (χ0v) is 13.5. The predicted molar refractivity (Wildman–Crippen MR) is 91.2 cm³/mol. The maximum atomic E-state index is 8.93. The lowest BCUT2D eigenvalue weighted by Crippen LogP contribution is -2.20. The van der Waals surface area contributed by atoms with Gasteiger partial charge in [-0.3, -0.25) is 0 Å². The zero-order chi connectivity index (χ0) is 15.5. The minimum absolute atomic E-state index is 0.519. The van der Waals surface area contributed by atoms with E-state index in [0.717, 1.165) is 30.8 Å². The summed E-state index contributed by atoms with van der Waals surface area (Å²) in [5.74, 6) is 1.61. The van der Waals surface area contributed by atoms with Gasteiger partial charge in [0.15, 0.2) is 0 Å². The molecule has 1 fully saturated rings. The van der Waals surface area contributed by atoms with Crippen LogP contribution in [0.3, 0.4) is 0 Å². The molecule has 22 heavy (non-hydrogen) atoms. The van der Waals surface area contributed by atoms with Crippen molar-refractivity contribution in [1.29, 1.82) is 5.26 Å². The van der Waals surface area contributed by atoms with Crippen LogP contribution in [-0.4, -0.2) is 18.1 Å². The molecule has 1 aromatic heterocycles. The Hall–Kier alpha value is -2.08.